The lowest BCUT2D eigenvalue weighted by molar-refractivity contribution is 0.0696. The van der Waals surface area contributed by atoms with Crippen molar-refractivity contribution >= 4 is 11.8 Å². The Hall–Kier alpha value is -2.40. The summed E-state index contributed by atoms with van der Waals surface area (Å²) in [5, 5.41) is 12.4. The number of carbonyl (C=O) groups is 1. The maximum absolute atomic E-state index is 10.9. The minimum atomic E-state index is -0.948. The maximum atomic E-state index is 10.9. The summed E-state index contributed by atoms with van der Waals surface area (Å²) in [4.78, 5) is 17.3. The summed E-state index contributed by atoms with van der Waals surface area (Å²) >= 11 is 0. The zero-order valence-electron chi connectivity index (χ0n) is 11.6. The van der Waals surface area contributed by atoms with Gasteiger partial charge in [-0.25, -0.2) is 9.78 Å². The van der Waals surface area contributed by atoms with Crippen molar-refractivity contribution in [3.8, 4) is 0 Å². The number of anilines is 1. The van der Waals surface area contributed by atoms with Crippen LogP contribution in [0.3, 0.4) is 0 Å². The van der Waals surface area contributed by atoms with Crippen molar-refractivity contribution in [2.24, 2.45) is 0 Å². The molecule has 0 spiro atoms. The van der Waals surface area contributed by atoms with Crippen LogP contribution in [0.25, 0.3) is 0 Å². The summed E-state index contributed by atoms with van der Waals surface area (Å²) in [6, 6.07) is 14.0. The number of nitrogens with zero attached hydrogens (tertiary/aromatic N) is 2. The third kappa shape index (κ3) is 3.03. The number of piperazine rings is 1. The van der Waals surface area contributed by atoms with Gasteiger partial charge in [-0.1, -0.05) is 30.3 Å². The van der Waals surface area contributed by atoms with Gasteiger partial charge in [0.2, 0.25) is 0 Å². The molecule has 0 bridgehead atoms. The number of hydrogen-bond donors (Lipinski definition) is 2. The molecular weight excluding hydrogens is 266 g/mol. The highest BCUT2D eigenvalue weighted by Crippen LogP contribution is 2.21. The molecule has 1 aliphatic heterocycles. The Morgan fingerprint density at radius 2 is 2.05 bits per heavy atom. The average molecular weight is 283 g/mol. The van der Waals surface area contributed by atoms with Gasteiger partial charge >= 0.3 is 5.97 Å². The molecule has 2 heterocycles. The molecule has 0 radical (unpaired) electrons. The predicted molar refractivity (Wildman–Crippen MR) is 80.6 cm³/mol. The number of aromatic carboxylic acids is 1. The number of hydrogen-bond acceptors (Lipinski definition) is 4. The molecule has 0 aliphatic carbocycles. The molecule has 21 heavy (non-hydrogen) atoms. The number of carboxylic acids is 1. The van der Waals surface area contributed by atoms with E-state index in [1.807, 2.05) is 18.2 Å². The minimum Gasteiger partial charge on any atom is -0.478 e. The molecule has 5 heteroatoms. The molecule has 1 saturated heterocycles. The van der Waals surface area contributed by atoms with Crippen molar-refractivity contribution in [1.29, 1.82) is 0 Å². The Morgan fingerprint density at radius 3 is 2.71 bits per heavy atom. The van der Waals surface area contributed by atoms with Gasteiger partial charge in [0.1, 0.15) is 5.82 Å². The first-order valence-corrected chi connectivity index (χ1v) is 6.96. The van der Waals surface area contributed by atoms with E-state index < -0.39 is 5.97 Å². The van der Waals surface area contributed by atoms with Gasteiger partial charge in [0, 0.05) is 31.9 Å². The first-order valence-electron chi connectivity index (χ1n) is 6.96. The number of nitrogens with one attached hydrogen (secondary N) is 1. The van der Waals surface area contributed by atoms with Crippen LogP contribution >= 0.6 is 0 Å². The third-order valence-corrected chi connectivity index (χ3v) is 3.70. The van der Waals surface area contributed by atoms with E-state index in [9.17, 15) is 4.79 Å². The molecule has 108 valence electrons. The highest BCUT2D eigenvalue weighted by atomic mass is 16.4. The second kappa shape index (κ2) is 5.93. The van der Waals surface area contributed by atoms with Crippen LogP contribution in [-0.2, 0) is 0 Å². The fourth-order valence-corrected chi connectivity index (χ4v) is 2.57. The first kappa shape index (κ1) is 13.6. The molecule has 3 rings (SSSR count). The van der Waals surface area contributed by atoms with E-state index >= 15 is 0 Å². The van der Waals surface area contributed by atoms with Crippen LogP contribution in [0.4, 0.5) is 5.82 Å². The van der Waals surface area contributed by atoms with E-state index in [-0.39, 0.29) is 11.6 Å². The molecule has 1 atom stereocenters. The topological polar surface area (TPSA) is 65.5 Å². The molecule has 5 nitrogen and oxygen atoms in total. The molecule has 1 aliphatic rings. The summed E-state index contributed by atoms with van der Waals surface area (Å²) < 4.78 is 0. The SMILES string of the molecule is O=C(O)c1ccc(N2CCN[C@@H](c3ccccc3)C2)nc1. The zero-order valence-corrected chi connectivity index (χ0v) is 11.6. The lowest BCUT2D eigenvalue weighted by Crippen LogP contribution is -2.46. The van der Waals surface area contributed by atoms with Crippen molar-refractivity contribution in [1.82, 2.24) is 10.3 Å². The van der Waals surface area contributed by atoms with E-state index in [4.69, 9.17) is 5.11 Å². The molecular formula is C16H17N3O2. The standard InChI is InChI=1S/C16H17N3O2/c20-16(21)13-6-7-15(18-10-13)19-9-8-17-14(11-19)12-4-2-1-3-5-12/h1-7,10,14,17H,8-9,11H2,(H,20,21)/t14-/m1/s1. The zero-order chi connectivity index (χ0) is 14.7. The number of rotatable bonds is 3. The molecule has 0 amide bonds. The third-order valence-electron chi connectivity index (χ3n) is 3.70. The smallest absolute Gasteiger partial charge is 0.337 e. The number of benzene rings is 1. The second-order valence-electron chi connectivity index (χ2n) is 5.07. The van der Waals surface area contributed by atoms with Crippen LogP contribution in [-0.4, -0.2) is 35.7 Å². The molecule has 2 N–H and O–H groups in total. The van der Waals surface area contributed by atoms with E-state index in [2.05, 4.69) is 27.3 Å². The van der Waals surface area contributed by atoms with Gasteiger partial charge in [-0.3, -0.25) is 0 Å². The predicted octanol–water partition coefficient (Wildman–Crippen LogP) is 1.93. The van der Waals surface area contributed by atoms with E-state index in [1.54, 1.807) is 12.1 Å². The molecule has 1 aromatic heterocycles. The summed E-state index contributed by atoms with van der Waals surface area (Å²) in [5.41, 5.74) is 1.47. The number of pyridine rings is 1. The Bertz CT molecular complexity index is 613. The van der Waals surface area contributed by atoms with Crippen molar-refractivity contribution < 1.29 is 9.90 Å². The lowest BCUT2D eigenvalue weighted by Gasteiger charge is -2.34. The summed E-state index contributed by atoms with van der Waals surface area (Å²) in [5.74, 6) is -0.126. The number of carboxylic acid groups (broad SMARTS) is 1. The van der Waals surface area contributed by atoms with Crippen LogP contribution in [0.1, 0.15) is 22.0 Å². The normalized spacial score (nSPS) is 18.5. The van der Waals surface area contributed by atoms with Crippen LogP contribution in [0.15, 0.2) is 48.7 Å². The monoisotopic (exact) mass is 283 g/mol. The molecule has 0 unspecified atom stereocenters. The minimum absolute atomic E-state index is 0.216. The Morgan fingerprint density at radius 1 is 1.24 bits per heavy atom. The van der Waals surface area contributed by atoms with Gasteiger partial charge in [0.15, 0.2) is 0 Å². The van der Waals surface area contributed by atoms with Gasteiger partial charge < -0.3 is 15.3 Å². The molecule has 1 aromatic carbocycles. The van der Waals surface area contributed by atoms with Crippen LogP contribution < -0.4 is 10.2 Å². The van der Waals surface area contributed by atoms with Crippen molar-refractivity contribution in [2.75, 3.05) is 24.5 Å². The average Bonchev–Trinajstić information content (AvgIpc) is 2.56. The fourth-order valence-electron chi connectivity index (χ4n) is 2.57. The highest BCUT2D eigenvalue weighted by molar-refractivity contribution is 5.87. The largest absolute Gasteiger partial charge is 0.478 e. The fraction of sp³-hybridized carbons (Fsp3) is 0.250. The number of aromatic nitrogens is 1. The van der Waals surface area contributed by atoms with E-state index in [0.717, 1.165) is 25.5 Å². The van der Waals surface area contributed by atoms with Crippen LogP contribution in [0.2, 0.25) is 0 Å². The second-order valence-corrected chi connectivity index (χ2v) is 5.07. The van der Waals surface area contributed by atoms with E-state index in [0.29, 0.717) is 0 Å². The van der Waals surface area contributed by atoms with Crippen molar-refractivity contribution in [2.45, 2.75) is 6.04 Å². The quantitative estimate of drug-likeness (QED) is 0.901. The van der Waals surface area contributed by atoms with Gasteiger partial charge in [0.25, 0.3) is 0 Å². The Balaban J connectivity index is 1.75. The van der Waals surface area contributed by atoms with Crippen LogP contribution in [0.5, 0.6) is 0 Å². The van der Waals surface area contributed by atoms with E-state index in [1.165, 1.54) is 11.8 Å². The van der Waals surface area contributed by atoms with Crippen LogP contribution in [0, 0.1) is 0 Å². The van der Waals surface area contributed by atoms with Crippen molar-refractivity contribution in [3.05, 3.63) is 59.8 Å². The summed E-state index contributed by atoms with van der Waals surface area (Å²) in [7, 11) is 0. The van der Waals surface area contributed by atoms with Gasteiger partial charge in [-0.05, 0) is 17.7 Å². The van der Waals surface area contributed by atoms with Crippen molar-refractivity contribution in [3.63, 3.8) is 0 Å². The lowest BCUT2D eigenvalue weighted by atomic mass is 10.0. The summed E-state index contributed by atoms with van der Waals surface area (Å²) in [6.07, 6.45) is 1.41. The maximum Gasteiger partial charge on any atom is 0.337 e. The first-order chi connectivity index (χ1) is 10.2. The van der Waals surface area contributed by atoms with Gasteiger partial charge in [-0.2, -0.15) is 0 Å². The Kier molecular flexibility index (Phi) is 3.83. The molecule has 1 fully saturated rings. The molecule has 2 aromatic rings. The van der Waals surface area contributed by atoms with Gasteiger partial charge in [0.05, 0.1) is 5.56 Å². The molecule has 0 saturated carbocycles. The summed E-state index contributed by atoms with van der Waals surface area (Å²) in [6.45, 7) is 2.56. The highest BCUT2D eigenvalue weighted by Gasteiger charge is 2.21. The Labute approximate surface area is 123 Å². The van der Waals surface area contributed by atoms with Gasteiger partial charge in [-0.15, -0.1) is 0 Å².